The van der Waals surface area contributed by atoms with Crippen LogP contribution in [0.5, 0.6) is 0 Å². The lowest BCUT2D eigenvalue weighted by Crippen LogP contribution is -2.35. The first-order valence-electron chi connectivity index (χ1n) is 6.87. The van der Waals surface area contributed by atoms with Crippen LogP contribution in [0.4, 0.5) is 11.4 Å². The van der Waals surface area contributed by atoms with Crippen molar-refractivity contribution in [2.45, 2.75) is 12.5 Å². The van der Waals surface area contributed by atoms with E-state index < -0.39 is 5.54 Å². The summed E-state index contributed by atoms with van der Waals surface area (Å²) in [5.41, 5.74) is 2.54. The van der Waals surface area contributed by atoms with Crippen LogP contribution in [0.3, 0.4) is 0 Å². The average molecular weight is 305 g/mol. The number of hydrogen-bond donors (Lipinski definition) is 2. The molecule has 1 atom stereocenters. The number of anilines is 2. The molecule has 0 amide bonds. The van der Waals surface area contributed by atoms with Crippen molar-refractivity contribution in [3.8, 4) is 0 Å². The van der Waals surface area contributed by atoms with Crippen LogP contribution >= 0.6 is 11.6 Å². The van der Waals surface area contributed by atoms with Gasteiger partial charge in [0.25, 0.3) is 0 Å². The van der Waals surface area contributed by atoms with Gasteiger partial charge in [0.1, 0.15) is 0 Å². The van der Waals surface area contributed by atoms with Gasteiger partial charge in [-0.05, 0) is 48.9 Å². The first-order chi connectivity index (χ1) is 9.94. The fraction of sp³-hybridized carbons (Fsp3) is 0.294. The van der Waals surface area contributed by atoms with Crippen LogP contribution in [0.15, 0.2) is 48.5 Å². The van der Waals surface area contributed by atoms with Crippen molar-refractivity contribution in [1.29, 1.82) is 0 Å². The van der Waals surface area contributed by atoms with E-state index >= 15 is 0 Å². The summed E-state index contributed by atoms with van der Waals surface area (Å²) in [5, 5.41) is 13.9. The Kier molecular flexibility index (Phi) is 4.76. The molecule has 2 N–H and O–H groups in total. The Morgan fingerprint density at radius 2 is 1.62 bits per heavy atom. The molecule has 112 valence electrons. The highest BCUT2D eigenvalue weighted by molar-refractivity contribution is 6.30. The van der Waals surface area contributed by atoms with Crippen molar-refractivity contribution in [3.05, 3.63) is 59.1 Å². The van der Waals surface area contributed by atoms with Gasteiger partial charge in [0.2, 0.25) is 0 Å². The quantitative estimate of drug-likeness (QED) is 0.883. The third-order valence-electron chi connectivity index (χ3n) is 3.60. The SMILES string of the molecule is CN(C)c1ccc(C(C)(CO)Nc2ccc(Cl)cc2)cc1. The minimum atomic E-state index is -0.543. The predicted molar refractivity (Wildman–Crippen MR) is 90.3 cm³/mol. The first-order valence-corrected chi connectivity index (χ1v) is 7.25. The highest BCUT2D eigenvalue weighted by Gasteiger charge is 2.25. The number of halogens is 1. The molecule has 2 aromatic rings. The molecule has 0 saturated heterocycles. The molecular formula is C17H21ClN2O. The van der Waals surface area contributed by atoms with E-state index in [2.05, 4.69) is 5.32 Å². The van der Waals surface area contributed by atoms with Gasteiger partial charge in [-0.15, -0.1) is 0 Å². The van der Waals surface area contributed by atoms with E-state index in [4.69, 9.17) is 11.6 Å². The Morgan fingerprint density at radius 1 is 1.05 bits per heavy atom. The van der Waals surface area contributed by atoms with E-state index in [1.165, 1.54) is 0 Å². The van der Waals surface area contributed by atoms with Crippen molar-refractivity contribution in [2.24, 2.45) is 0 Å². The number of aliphatic hydroxyl groups is 1. The summed E-state index contributed by atoms with van der Waals surface area (Å²) in [5.74, 6) is 0. The second kappa shape index (κ2) is 6.37. The third kappa shape index (κ3) is 3.69. The van der Waals surface area contributed by atoms with E-state index in [-0.39, 0.29) is 6.61 Å². The first kappa shape index (κ1) is 15.7. The maximum atomic E-state index is 9.83. The Hall–Kier alpha value is -1.71. The van der Waals surface area contributed by atoms with Crippen molar-refractivity contribution < 1.29 is 5.11 Å². The van der Waals surface area contributed by atoms with E-state index in [1.807, 2.05) is 74.4 Å². The van der Waals surface area contributed by atoms with E-state index in [1.54, 1.807) is 0 Å². The van der Waals surface area contributed by atoms with Crippen LogP contribution in [0, 0.1) is 0 Å². The predicted octanol–water partition coefficient (Wildman–Crippen LogP) is 3.73. The Labute approximate surface area is 131 Å². The molecule has 0 bridgehead atoms. The number of aliphatic hydroxyl groups excluding tert-OH is 1. The molecule has 0 heterocycles. The monoisotopic (exact) mass is 304 g/mol. The summed E-state index contributed by atoms with van der Waals surface area (Å²) in [6.45, 7) is 1.98. The van der Waals surface area contributed by atoms with Crippen LogP contribution in [0.25, 0.3) is 0 Å². The van der Waals surface area contributed by atoms with E-state index in [0.29, 0.717) is 5.02 Å². The van der Waals surface area contributed by atoms with Gasteiger partial charge in [-0.2, -0.15) is 0 Å². The molecule has 2 aromatic carbocycles. The molecule has 0 aliphatic rings. The van der Waals surface area contributed by atoms with Crippen LogP contribution in [-0.2, 0) is 5.54 Å². The number of rotatable bonds is 5. The van der Waals surface area contributed by atoms with Crippen molar-refractivity contribution in [2.75, 3.05) is 30.9 Å². The number of nitrogens with one attached hydrogen (secondary N) is 1. The molecular weight excluding hydrogens is 284 g/mol. The zero-order valence-corrected chi connectivity index (χ0v) is 13.4. The summed E-state index contributed by atoms with van der Waals surface area (Å²) >= 11 is 5.90. The molecule has 21 heavy (non-hydrogen) atoms. The molecule has 0 fully saturated rings. The van der Waals surface area contributed by atoms with Gasteiger partial charge in [0, 0.05) is 30.5 Å². The fourth-order valence-electron chi connectivity index (χ4n) is 2.18. The highest BCUT2D eigenvalue weighted by atomic mass is 35.5. The van der Waals surface area contributed by atoms with Crippen LogP contribution < -0.4 is 10.2 Å². The van der Waals surface area contributed by atoms with E-state index in [9.17, 15) is 5.11 Å². The maximum Gasteiger partial charge on any atom is 0.0828 e. The molecule has 3 nitrogen and oxygen atoms in total. The molecule has 2 rings (SSSR count). The lowest BCUT2D eigenvalue weighted by molar-refractivity contribution is 0.224. The van der Waals surface area contributed by atoms with Crippen molar-refractivity contribution in [3.63, 3.8) is 0 Å². The third-order valence-corrected chi connectivity index (χ3v) is 3.85. The van der Waals surface area contributed by atoms with E-state index in [0.717, 1.165) is 16.9 Å². The number of nitrogens with zero attached hydrogens (tertiary/aromatic N) is 1. The molecule has 0 radical (unpaired) electrons. The summed E-state index contributed by atoms with van der Waals surface area (Å²) in [4.78, 5) is 2.05. The Balaban J connectivity index is 2.25. The maximum absolute atomic E-state index is 9.83. The number of hydrogen-bond acceptors (Lipinski definition) is 3. The smallest absolute Gasteiger partial charge is 0.0828 e. The average Bonchev–Trinajstić information content (AvgIpc) is 2.49. The summed E-state index contributed by atoms with van der Waals surface area (Å²) in [6, 6.07) is 15.6. The minimum absolute atomic E-state index is 0.00304. The molecule has 0 aromatic heterocycles. The normalized spacial score (nSPS) is 13.6. The van der Waals surface area contributed by atoms with Crippen molar-refractivity contribution in [1.82, 2.24) is 0 Å². The number of benzene rings is 2. The van der Waals surface area contributed by atoms with Gasteiger partial charge in [0.05, 0.1) is 12.1 Å². The van der Waals surface area contributed by atoms with Gasteiger partial charge in [-0.3, -0.25) is 0 Å². The van der Waals surface area contributed by atoms with Gasteiger partial charge in [-0.1, -0.05) is 23.7 Å². The Bertz CT molecular complexity index is 581. The second-order valence-corrected chi connectivity index (χ2v) is 6.00. The molecule has 1 unspecified atom stereocenters. The highest BCUT2D eigenvalue weighted by Crippen LogP contribution is 2.28. The molecule has 0 saturated carbocycles. The Morgan fingerprint density at radius 3 is 2.10 bits per heavy atom. The van der Waals surface area contributed by atoms with Crippen molar-refractivity contribution >= 4 is 23.0 Å². The summed E-state index contributed by atoms with van der Waals surface area (Å²) in [6.07, 6.45) is 0. The standard InChI is InChI=1S/C17H21ClN2O/c1-17(12-21,19-15-8-6-14(18)7-9-15)13-4-10-16(11-5-13)20(2)3/h4-11,19,21H,12H2,1-3H3. The topological polar surface area (TPSA) is 35.5 Å². The molecule has 4 heteroatoms. The lowest BCUT2D eigenvalue weighted by atomic mass is 9.92. The molecule has 0 aliphatic carbocycles. The second-order valence-electron chi connectivity index (χ2n) is 5.56. The zero-order chi connectivity index (χ0) is 15.5. The summed E-state index contributed by atoms with van der Waals surface area (Å²) < 4.78 is 0. The van der Waals surface area contributed by atoms with Crippen LogP contribution in [0.1, 0.15) is 12.5 Å². The lowest BCUT2D eigenvalue weighted by Gasteiger charge is -2.31. The molecule has 0 spiro atoms. The zero-order valence-electron chi connectivity index (χ0n) is 12.6. The van der Waals surface area contributed by atoms with Gasteiger partial charge in [0.15, 0.2) is 0 Å². The fourth-order valence-corrected chi connectivity index (χ4v) is 2.31. The van der Waals surface area contributed by atoms with Crippen LogP contribution in [0.2, 0.25) is 5.02 Å². The summed E-state index contributed by atoms with van der Waals surface area (Å²) in [7, 11) is 4.01. The largest absolute Gasteiger partial charge is 0.394 e. The van der Waals surface area contributed by atoms with Gasteiger partial charge < -0.3 is 15.3 Å². The van der Waals surface area contributed by atoms with Gasteiger partial charge >= 0.3 is 0 Å². The molecule has 0 aliphatic heterocycles. The van der Waals surface area contributed by atoms with Crippen LogP contribution in [-0.4, -0.2) is 25.8 Å². The van der Waals surface area contributed by atoms with Gasteiger partial charge in [-0.25, -0.2) is 0 Å². The minimum Gasteiger partial charge on any atom is -0.394 e.